The average Bonchev–Trinajstić information content (AvgIpc) is 3.01. The minimum absolute atomic E-state index is 0.392. The van der Waals surface area contributed by atoms with Crippen LogP contribution in [0, 0.1) is 6.92 Å². The van der Waals surface area contributed by atoms with Gasteiger partial charge in [0.25, 0.3) is 0 Å². The molecule has 22 heavy (non-hydrogen) atoms. The zero-order valence-corrected chi connectivity index (χ0v) is 12.5. The van der Waals surface area contributed by atoms with Crippen molar-refractivity contribution in [3.63, 3.8) is 0 Å². The van der Waals surface area contributed by atoms with E-state index in [4.69, 9.17) is 9.47 Å². The number of carbonyl (C=O) groups excluding carboxylic acids is 1. The minimum atomic E-state index is -0.678. The van der Waals surface area contributed by atoms with Crippen molar-refractivity contribution < 1.29 is 14.3 Å². The summed E-state index contributed by atoms with van der Waals surface area (Å²) in [6.45, 7) is 2.02. The number of nitrogens with zero attached hydrogens (tertiary/aromatic N) is 1. The summed E-state index contributed by atoms with van der Waals surface area (Å²) in [4.78, 5) is 16.5. The Bertz CT molecular complexity index is 692. The molecule has 0 bridgehead atoms. The highest BCUT2D eigenvalue weighted by Crippen LogP contribution is 2.32. The first kappa shape index (κ1) is 14.3. The van der Waals surface area contributed by atoms with Gasteiger partial charge in [0.1, 0.15) is 0 Å². The average molecular weight is 295 g/mol. The van der Waals surface area contributed by atoms with Crippen molar-refractivity contribution in [1.82, 2.24) is 0 Å². The van der Waals surface area contributed by atoms with E-state index >= 15 is 0 Å². The number of aliphatic imine (C=N–C) groups is 1. The quantitative estimate of drug-likeness (QED) is 0.818. The molecular formula is C18H17NO3. The summed E-state index contributed by atoms with van der Waals surface area (Å²) in [6, 6.07) is 16.8. The lowest BCUT2D eigenvalue weighted by atomic mass is 10.0. The van der Waals surface area contributed by atoms with Gasteiger partial charge in [0.15, 0.2) is 12.1 Å². The van der Waals surface area contributed by atoms with Crippen LogP contribution in [0.4, 0.5) is 0 Å². The minimum Gasteiger partial charge on any atom is -0.467 e. The van der Waals surface area contributed by atoms with E-state index < -0.39 is 18.1 Å². The van der Waals surface area contributed by atoms with Crippen LogP contribution in [0.15, 0.2) is 59.6 Å². The smallest absolute Gasteiger partial charge is 0.335 e. The van der Waals surface area contributed by atoms with Crippen LogP contribution >= 0.6 is 0 Å². The highest BCUT2D eigenvalue weighted by molar-refractivity contribution is 5.98. The van der Waals surface area contributed by atoms with Crippen molar-refractivity contribution in [3.8, 4) is 0 Å². The van der Waals surface area contributed by atoms with Crippen molar-refractivity contribution in [3.05, 3.63) is 71.3 Å². The molecular weight excluding hydrogens is 278 g/mol. The summed E-state index contributed by atoms with van der Waals surface area (Å²) in [5, 5.41) is 0. The van der Waals surface area contributed by atoms with Crippen LogP contribution in [0.5, 0.6) is 0 Å². The first-order valence-corrected chi connectivity index (χ1v) is 7.13. The standard InChI is InChI=1S/C18H17NO3/c1-12-8-10-13(11-9-12)16-15(18(20)21-2)19-17(22-16)14-6-4-3-5-7-14/h3-11,15-16H,1-2H3. The van der Waals surface area contributed by atoms with E-state index in [-0.39, 0.29) is 0 Å². The van der Waals surface area contributed by atoms with Crippen molar-refractivity contribution in [2.45, 2.75) is 19.1 Å². The molecule has 1 heterocycles. The van der Waals surface area contributed by atoms with Crippen molar-refractivity contribution >= 4 is 11.9 Å². The zero-order valence-electron chi connectivity index (χ0n) is 12.5. The van der Waals surface area contributed by atoms with Crippen LogP contribution < -0.4 is 0 Å². The van der Waals surface area contributed by atoms with Crippen molar-refractivity contribution in [1.29, 1.82) is 0 Å². The SMILES string of the molecule is COC(=O)C1N=C(c2ccccc2)OC1c1ccc(C)cc1. The lowest BCUT2D eigenvalue weighted by Crippen LogP contribution is -2.25. The van der Waals surface area contributed by atoms with Gasteiger partial charge in [-0.3, -0.25) is 0 Å². The van der Waals surface area contributed by atoms with E-state index in [0.717, 1.165) is 16.7 Å². The monoisotopic (exact) mass is 295 g/mol. The van der Waals surface area contributed by atoms with Crippen LogP contribution in [-0.4, -0.2) is 25.0 Å². The van der Waals surface area contributed by atoms with Crippen molar-refractivity contribution in [2.75, 3.05) is 7.11 Å². The molecule has 0 aromatic heterocycles. The third-order valence-corrected chi connectivity index (χ3v) is 3.65. The molecule has 0 aliphatic carbocycles. The predicted molar refractivity (Wildman–Crippen MR) is 83.8 cm³/mol. The molecule has 0 radical (unpaired) electrons. The molecule has 1 aliphatic heterocycles. The second-order valence-corrected chi connectivity index (χ2v) is 5.22. The predicted octanol–water partition coefficient (Wildman–Crippen LogP) is 3.05. The molecule has 0 amide bonds. The number of hydrogen-bond donors (Lipinski definition) is 0. The number of carbonyl (C=O) groups is 1. The van der Waals surface area contributed by atoms with Crippen LogP contribution in [-0.2, 0) is 14.3 Å². The number of aryl methyl sites for hydroxylation is 1. The summed E-state index contributed by atoms with van der Waals surface area (Å²) in [7, 11) is 1.37. The fourth-order valence-corrected chi connectivity index (χ4v) is 2.44. The molecule has 1 aliphatic rings. The second kappa shape index (κ2) is 6.02. The molecule has 0 N–H and O–H groups in total. The van der Waals surface area contributed by atoms with Gasteiger partial charge in [-0.05, 0) is 24.6 Å². The largest absolute Gasteiger partial charge is 0.467 e. The van der Waals surface area contributed by atoms with Gasteiger partial charge in [-0.15, -0.1) is 0 Å². The van der Waals surface area contributed by atoms with Gasteiger partial charge >= 0.3 is 5.97 Å². The summed E-state index contributed by atoms with van der Waals surface area (Å²) in [5.41, 5.74) is 2.92. The van der Waals surface area contributed by atoms with E-state index in [1.54, 1.807) is 0 Å². The molecule has 2 unspecified atom stereocenters. The zero-order chi connectivity index (χ0) is 15.5. The van der Waals surface area contributed by atoms with Gasteiger partial charge in [0.05, 0.1) is 7.11 Å². The van der Waals surface area contributed by atoms with Crippen LogP contribution in [0.2, 0.25) is 0 Å². The Kier molecular flexibility index (Phi) is 3.92. The lowest BCUT2D eigenvalue weighted by molar-refractivity contribution is -0.143. The van der Waals surface area contributed by atoms with Gasteiger partial charge in [0.2, 0.25) is 5.90 Å². The third-order valence-electron chi connectivity index (χ3n) is 3.65. The molecule has 0 fully saturated rings. The maximum Gasteiger partial charge on any atom is 0.335 e. The number of methoxy groups -OCH3 is 1. The highest BCUT2D eigenvalue weighted by atomic mass is 16.5. The fourth-order valence-electron chi connectivity index (χ4n) is 2.44. The Morgan fingerprint density at radius 1 is 1.09 bits per heavy atom. The maximum absolute atomic E-state index is 12.0. The van der Waals surface area contributed by atoms with Crippen molar-refractivity contribution in [2.24, 2.45) is 4.99 Å². The molecule has 0 saturated heterocycles. The maximum atomic E-state index is 12.0. The summed E-state index contributed by atoms with van der Waals surface area (Å²) < 4.78 is 10.8. The molecule has 2 atom stereocenters. The van der Waals surface area contributed by atoms with Gasteiger partial charge < -0.3 is 9.47 Å². The normalized spacial score (nSPS) is 20.2. The Hall–Kier alpha value is -2.62. The lowest BCUT2D eigenvalue weighted by Gasteiger charge is -2.16. The molecule has 2 aromatic rings. The van der Waals surface area contributed by atoms with E-state index in [1.165, 1.54) is 7.11 Å². The third kappa shape index (κ3) is 2.72. The van der Waals surface area contributed by atoms with Gasteiger partial charge in [-0.1, -0.05) is 48.0 Å². The van der Waals surface area contributed by atoms with Crippen LogP contribution in [0.25, 0.3) is 0 Å². The topological polar surface area (TPSA) is 47.9 Å². The Morgan fingerprint density at radius 3 is 2.41 bits per heavy atom. The van der Waals surface area contributed by atoms with Gasteiger partial charge in [-0.2, -0.15) is 0 Å². The molecule has 4 nitrogen and oxygen atoms in total. The Balaban J connectivity index is 1.94. The van der Waals surface area contributed by atoms with Crippen LogP contribution in [0.1, 0.15) is 22.8 Å². The summed E-state index contributed by atoms with van der Waals surface area (Å²) >= 11 is 0. The number of ether oxygens (including phenoxy) is 2. The number of esters is 1. The number of rotatable bonds is 3. The number of hydrogen-bond acceptors (Lipinski definition) is 4. The summed E-state index contributed by atoms with van der Waals surface area (Å²) in [6.07, 6.45) is -0.455. The van der Waals surface area contributed by atoms with Crippen LogP contribution in [0.3, 0.4) is 0 Å². The van der Waals surface area contributed by atoms with Gasteiger partial charge in [-0.25, -0.2) is 9.79 Å². The molecule has 112 valence electrons. The van der Waals surface area contributed by atoms with E-state index in [9.17, 15) is 4.79 Å². The second-order valence-electron chi connectivity index (χ2n) is 5.22. The molecule has 2 aromatic carbocycles. The van der Waals surface area contributed by atoms with E-state index in [1.807, 2.05) is 61.5 Å². The molecule has 0 saturated carbocycles. The van der Waals surface area contributed by atoms with E-state index in [2.05, 4.69) is 4.99 Å². The van der Waals surface area contributed by atoms with E-state index in [0.29, 0.717) is 5.90 Å². The number of benzene rings is 2. The Labute approximate surface area is 129 Å². The molecule has 0 spiro atoms. The van der Waals surface area contributed by atoms with Gasteiger partial charge in [0, 0.05) is 5.56 Å². The fraction of sp³-hybridized carbons (Fsp3) is 0.222. The Morgan fingerprint density at radius 2 is 1.77 bits per heavy atom. The summed E-state index contributed by atoms with van der Waals surface area (Å²) in [5.74, 6) is 0.0816. The molecule has 3 rings (SSSR count). The molecule has 4 heteroatoms. The first-order valence-electron chi connectivity index (χ1n) is 7.13. The highest BCUT2D eigenvalue weighted by Gasteiger charge is 2.38. The first-order chi connectivity index (χ1) is 10.7.